The van der Waals surface area contributed by atoms with E-state index >= 15 is 0 Å². The summed E-state index contributed by atoms with van der Waals surface area (Å²) in [5.41, 5.74) is 2.10. The van der Waals surface area contributed by atoms with Gasteiger partial charge in [-0.3, -0.25) is 4.79 Å². The van der Waals surface area contributed by atoms with Crippen LogP contribution >= 0.6 is 0 Å². The second-order valence-corrected chi connectivity index (χ2v) is 13.3. The fourth-order valence-corrected chi connectivity index (χ4v) is 5.79. The van der Waals surface area contributed by atoms with Gasteiger partial charge in [0.2, 0.25) is 11.9 Å². The summed E-state index contributed by atoms with van der Waals surface area (Å²) in [6.07, 6.45) is 7.11. The van der Waals surface area contributed by atoms with E-state index in [4.69, 9.17) is 14.7 Å². The van der Waals surface area contributed by atoms with E-state index in [2.05, 4.69) is 33.1 Å². The lowest BCUT2D eigenvalue weighted by Gasteiger charge is -2.30. The first-order valence-electron chi connectivity index (χ1n) is 16.0. The molecular weight excluding hydrogens is 580 g/mol. The van der Waals surface area contributed by atoms with Crippen LogP contribution in [0, 0.1) is 5.92 Å². The van der Waals surface area contributed by atoms with E-state index < -0.39 is 17.7 Å². The Kier molecular flexibility index (Phi) is 10.4. The van der Waals surface area contributed by atoms with E-state index in [0.717, 1.165) is 48.0 Å². The van der Waals surface area contributed by atoms with Crippen LogP contribution < -0.4 is 20.9 Å². The molecule has 0 bridgehead atoms. The number of amides is 2. The van der Waals surface area contributed by atoms with Crippen molar-refractivity contribution >= 4 is 34.7 Å². The van der Waals surface area contributed by atoms with Gasteiger partial charge >= 0.3 is 6.09 Å². The van der Waals surface area contributed by atoms with E-state index in [0.29, 0.717) is 30.6 Å². The summed E-state index contributed by atoms with van der Waals surface area (Å²) in [4.78, 5) is 42.2. The highest BCUT2D eigenvalue weighted by Crippen LogP contribution is 2.28. The highest BCUT2D eigenvalue weighted by molar-refractivity contribution is 5.90. The average molecular weight is 627 g/mol. The van der Waals surface area contributed by atoms with Crippen molar-refractivity contribution in [2.45, 2.75) is 77.1 Å². The monoisotopic (exact) mass is 626 g/mol. The van der Waals surface area contributed by atoms with Gasteiger partial charge in [-0.2, -0.15) is 4.98 Å². The van der Waals surface area contributed by atoms with Crippen molar-refractivity contribution in [1.29, 1.82) is 0 Å². The minimum absolute atomic E-state index is 0.246. The van der Waals surface area contributed by atoms with E-state index in [-0.39, 0.29) is 18.4 Å². The predicted octanol–water partition coefficient (Wildman–Crippen LogP) is 5.16. The van der Waals surface area contributed by atoms with E-state index in [1.54, 1.807) is 27.1 Å². The van der Waals surface area contributed by atoms with Crippen molar-refractivity contribution < 1.29 is 14.3 Å². The molecule has 3 N–H and O–H groups in total. The van der Waals surface area contributed by atoms with Crippen molar-refractivity contribution in [1.82, 2.24) is 30.2 Å². The molecule has 244 valence electrons. The van der Waals surface area contributed by atoms with Crippen LogP contribution in [-0.2, 0) is 22.5 Å². The van der Waals surface area contributed by atoms with Crippen LogP contribution in [0.15, 0.2) is 67.1 Å². The second kappa shape index (κ2) is 14.6. The maximum Gasteiger partial charge on any atom is 0.408 e. The second-order valence-electron chi connectivity index (χ2n) is 13.3. The quantitative estimate of drug-likeness (QED) is 0.208. The van der Waals surface area contributed by atoms with Crippen molar-refractivity contribution in [3.05, 3.63) is 78.4 Å². The van der Waals surface area contributed by atoms with Crippen LogP contribution in [0.4, 0.5) is 16.6 Å². The largest absolute Gasteiger partial charge is 0.444 e. The number of rotatable bonds is 11. The molecule has 1 aliphatic rings. The molecule has 0 spiro atoms. The van der Waals surface area contributed by atoms with Gasteiger partial charge in [0.15, 0.2) is 0 Å². The van der Waals surface area contributed by atoms with Gasteiger partial charge in [-0.05, 0) is 70.1 Å². The minimum atomic E-state index is -0.816. The van der Waals surface area contributed by atoms with Crippen LogP contribution in [0.3, 0.4) is 0 Å². The fourth-order valence-electron chi connectivity index (χ4n) is 5.79. The Morgan fingerprint density at radius 2 is 1.72 bits per heavy atom. The van der Waals surface area contributed by atoms with Gasteiger partial charge in [0.1, 0.15) is 17.5 Å². The maximum absolute atomic E-state index is 13.4. The number of carbonyl (C=O) groups excluding carboxylic acids is 2. The zero-order valence-corrected chi connectivity index (χ0v) is 27.5. The molecule has 2 aromatic carbocycles. The Balaban J connectivity index is 1.15. The summed E-state index contributed by atoms with van der Waals surface area (Å²) < 4.78 is 7.44. The summed E-state index contributed by atoms with van der Waals surface area (Å²) in [5, 5.41) is 10.5. The van der Waals surface area contributed by atoms with Gasteiger partial charge < -0.3 is 30.2 Å². The molecule has 2 amide bonds. The van der Waals surface area contributed by atoms with Gasteiger partial charge in [0.05, 0.1) is 17.5 Å². The standard InChI is InChI=1S/C35H46N8O3/c1-35(2,3)46-34(45)40-30(19-27-22-43(23-37-27)21-25-11-7-6-8-12-25)32(44)36-20-24-15-17-26(18-16-24)38-33-39-29-14-10-9-13-28(29)31(41-33)42(4)5/h6-14,22-24,26,30H,15-21H2,1-5H3,(H,36,44)(H,40,45)(H,38,39,41)/t24?,26?,30-/m0/s1. The summed E-state index contributed by atoms with van der Waals surface area (Å²) in [7, 11) is 3.98. The Morgan fingerprint density at radius 1 is 1.00 bits per heavy atom. The van der Waals surface area contributed by atoms with Crippen LogP contribution in [-0.4, -0.2) is 69.8 Å². The summed E-state index contributed by atoms with van der Waals surface area (Å²) >= 11 is 0. The van der Waals surface area contributed by atoms with Gasteiger partial charge in [-0.1, -0.05) is 42.5 Å². The Bertz CT molecular complexity index is 1610. The highest BCUT2D eigenvalue weighted by atomic mass is 16.6. The topological polar surface area (TPSA) is 126 Å². The molecule has 0 aliphatic heterocycles. The van der Waals surface area contributed by atoms with Crippen molar-refractivity contribution in [3.63, 3.8) is 0 Å². The minimum Gasteiger partial charge on any atom is -0.444 e. The van der Waals surface area contributed by atoms with Gasteiger partial charge in [-0.15, -0.1) is 0 Å². The molecule has 46 heavy (non-hydrogen) atoms. The number of nitrogens with zero attached hydrogens (tertiary/aromatic N) is 5. The van der Waals surface area contributed by atoms with Gasteiger partial charge in [-0.25, -0.2) is 14.8 Å². The molecule has 2 heterocycles. The molecule has 11 heteroatoms. The molecule has 1 fully saturated rings. The van der Waals surface area contributed by atoms with Gasteiger partial charge in [0.25, 0.3) is 0 Å². The Morgan fingerprint density at radius 3 is 2.43 bits per heavy atom. The first-order valence-corrected chi connectivity index (χ1v) is 16.0. The third-order valence-electron chi connectivity index (χ3n) is 8.07. The lowest BCUT2D eigenvalue weighted by molar-refractivity contribution is -0.123. The number of carbonyl (C=O) groups is 2. The molecule has 0 saturated heterocycles. The third kappa shape index (κ3) is 9.18. The zero-order valence-electron chi connectivity index (χ0n) is 27.5. The number of ether oxygens (including phenoxy) is 1. The fraction of sp³-hybridized carbons (Fsp3) is 0.457. The van der Waals surface area contributed by atoms with Crippen LogP contribution in [0.2, 0.25) is 0 Å². The Hall–Kier alpha value is -4.67. The average Bonchev–Trinajstić information content (AvgIpc) is 3.45. The summed E-state index contributed by atoms with van der Waals surface area (Å²) in [6.45, 7) is 6.60. The number of aromatic nitrogens is 4. The molecule has 11 nitrogen and oxygen atoms in total. The van der Waals surface area contributed by atoms with Crippen molar-refractivity contribution in [3.8, 4) is 0 Å². The van der Waals surface area contributed by atoms with Crippen LogP contribution in [0.5, 0.6) is 0 Å². The summed E-state index contributed by atoms with van der Waals surface area (Å²) in [6, 6.07) is 17.6. The molecule has 2 aromatic heterocycles. The van der Waals surface area contributed by atoms with Gasteiger partial charge in [0, 0.05) is 51.2 Å². The lowest BCUT2D eigenvalue weighted by atomic mass is 9.86. The SMILES string of the molecule is CN(C)c1nc(NC2CCC(CNC(=O)[C@H](Cc3cn(Cc4ccccc4)cn3)NC(=O)OC(C)(C)C)CC2)nc2ccccc12. The first-order chi connectivity index (χ1) is 22.0. The molecule has 0 radical (unpaired) electrons. The lowest BCUT2D eigenvalue weighted by Crippen LogP contribution is -2.50. The number of imidazole rings is 1. The molecule has 1 saturated carbocycles. The molecule has 0 unspecified atom stereocenters. The van der Waals surface area contributed by atoms with Crippen LogP contribution in [0.25, 0.3) is 10.9 Å². The van der Waals surface area contributed by atoms with E-state index in [1.807, 2.05) is 72.2 Å². The smallest absolute Gasteiger partial charge is 0.408 e. The van der Waals surface area contributed by atoms with Crippen molar-refractivity contribution in [2.75, 3.05) is 30.9 Å². The molecule has 4 aromatic rings. The molecule has 1 aliphatic carbocycles. The Labute approximate surface area is 271 Å². The predicted molar refractivity (Wildman–Crippen MR) is 181 cm³/mol. The van der Waals surface area contributed by atoms with Crippen molar-refractivity contribution in [2.24, 2.45) is 5.92 Å². The molecule has 5 rings (SSSR count). The number of alkyl carbamates (subject to hydrolysis) is 1. The first kappa shape index (κ1) is 32.7. The van der Waals surface area contributed by atoms with E-state index in [9.17, 15) is 9.59 Å². The normalized spacial score (nSPS) is 17.2. The molecule has 1 atom stereocenters. The van der Waals surface area contributed by atoms with E-state index in [1.165, 1.54) is 0 Å². The number of benzene rings is 2. The maximum atomic E-state index is 13.4. The number of nitrogens with one attached hydrogen (secondary N) is 3. The molecular formula is C35H46N8O3. The summed E-state index contributed by atoms with van der Waals surface area (Å²) in [5.74, 6) is 1.62. The van der Waals surface area contributed by atoms with Crippen LogP contribution in [0.1, 0.15) is 57.7 Å². The number of hydrogen-bond donors (Lipinski definition) is 3. The zero-order chi connectivity index (χ0) is 32.7. The number of para-hydroxylation sites is 1. The number of fused-ring (bicyclic) bond motifs is 1. The highest BCUT2D eigenvalue weighted by Gasteiger charge is 2.28. The third-order valence-corrected chi connectivity index (χ3v) is 8.07. The number of hydrogen-bond acceptors (Lipinski definition) is 8. The number of anilines is 2.